The molecule has 0 atom stereocenters. The van der Waals surface area contributed by atoms with Crippen molar-refractivity contribution in [3.63, 3.8) is 0 Å². The standard InChI is InChI=1S/C16H16N2O5/c1-16(2,12-4-7-14(19)8-5-12)10-11-3-6-13(17(20)21)9-15(11)18(22)23/h3-9,19H,10H2,1-2H3. The van der Waals surface area contributed by atoms with Gasteiger partial charge in [-0.3, -0.25) is 20.2 Å². The molecular formula is C16H16N2O5. The number of phenolic OH excluding ortho intramolecular Hbond substituents is 1. The van der Waals surface area contributed by atoms with Crippen molar-refractivity contribution in [1.29, 1.82) is 0 Å². The normalized spacial score (nSPS) is 11.2. The van der Waals surface area contributed by atoms with Crippen LogP contribution < -0.4 is 0 Å². The maximum Gasteiger partial charge on any atom is 0.279 e. The second-order valence-corrected chi connectivity index (χ2v) is 5.93. The quantitative estimate of drug-likeness (QED) is 0.668. The molecule has 0 saturated carbocycles. The summed E-state index contributed by atoms with van der Waals surface area (Å²) >= 11 is 0. The second kappa shape index (κ2) is 6.04. The molecule has 7 nitrogen and oxygen atoms in total. The molecule has 2 aromatic rings. The summed E-state index contributed by atoms with van der Waals surface area (Å²) < 4.78 is 0. The summed E-state index contributed by atoms with van der Waals surface area (Å²) in [5.41, 5.74) is 0.338. The SMILES string of the molecule is CC(C)(Cc1ccc([N+](=O)[O-])cc1[N+](=O)[O-])c1ccc(O)cc1. The van der Waals surface area contributed by atoms with Crippen LogP contribution in [-0.4, -0.2) is 15.0 Å². The van der Waals surface area contributed by atoms with Gasteiger partial charge >= 0.3 is 0 Å². The minimum absolute atomic E-state index is 0.144. The van der Waals surface area contributed by atoms with E-state index in [1.54, 1.807) is 24.3 Å². The van der Waals surface area contributed by atoms with Crippen LogP contribution in [0.4, 0.5) is 11.4 Å². The van der Waals surface area contributed by atoms with E-state index in [1.165, 1.54) is 12.1 Å². The highest BCUT2D eigenvalue weighted by Crippen LogP contribution is 2.33. The Morgan fingerprint density at radius 3 is 2.13 bits per heavy atom. The largest absolute Gasteiger partial charge is 0.508 e. The number of benzene rings is 2. The van der Waals surface area contributed by atoms with E-state index >= 15 is 0 Å². The molecule has 120 valence electrons. The van der Waals surface area contributed by atoms with Crippen LogP contribution in [0.1, 0.15) is 25.0 Å². The zero-order chi connectivity index (χ0) is 17.2. The zero-order valence-corrected chi connectivity index (χ0v) is 12.7. The average Bonchev–Trinajstić information content (AvgIpc) is 2.47. The zero-order valence-electron chi connectivity index (χ0n) is 12.7. The summed E-state index contributed by atoms with van der Waals surface area (Å²) in [7, 11) is 0. The van der Waals surface area contributed by atoms with Crippen molar-refractivity contribution in [1.82, 2.24) is 0 Å². The highest BCUT2D eigenvalue weighted by Gasteiger charge is 2.27. The first-order valence-corrected chi connectivity index (χ1v) is 6.92. The topological polar surface area (TPSA) is 107 Å². The predicted molar refractivity (Wildman–Crippen MR) is 84.6 cm³/mol. The molecule has 1 N–H and O–H groups in total. The van der Waals surface area contributed by atoms with E-state index in [0.29, 0.717) is 12.0 Å². The molecule has 0 amide bonds. The van der Waals surface area contributed by atoms with E-state index in [4.69, 9.17) is 0 Å². The van der Waals surface area contributed by atoms with E-state index in [-0.39, 0.29) is 17.1 Å². The third-order valence-corrected chi connectivity index (χ3v) is 3.76. The van der Waals surface area contributed by atoms with Crippen molar-refractivity contribution in [3.05, 3.63) is 73.8 Å². The molecular weight excluding hydrogens is 300 g/mol. The molecule has 23 heavy (non-hydrogen) atoms. The summed E-state index contributed by atoms with van der Waals surface area (Å²) in [5, 5.41) is 31.4. The first kappa shape index (κ1) is 16.4. The Morgan fingerprint density at radius 1 is 1.00 bits per heavy atom. The van der Waals surface area contributed by atoms with Gasteiger partial charge in [0.2, 0.25) is 0 Å². The fourth-order valence-electron chi connectivity index (χ4n) is 2.48. The Balaban J connectivity index is 2.40. The first-order chi connectivity index (χ1) is 10.7. The lowest BCUT2D eigenvalue weighted by Crippen LogP contribution is -2.21. The van der Waals surface area contributed by atoms with Crippen molar-refractivity contribution in [2.24, 2.45) is 0 Å². The van der Waals surface area contributed by atoms with Crippen molar-refractivity contribution >= 4 is 11.4 Å². The van der Waals surface area contributed by atoms with Crippen LogP contribution in [0.15, 0.2) is 42.5 Å². The predicted octanol–water partition coefficient (Wildman–Crippen LogP) is 3.73. The van der Waals surface area contributed by atoms with E-state index in [1.807, 2.05) is 13.8 Å². The maximum absolute atomic E-state index is 11.2. The van der Waals surface area contributed by atoms with E-state index < -0.39 is 15.3 Å². The number of nitro groups is 2. The Kier molecular flexibility index (Phi) is 4.31. The van der Waals surface area contributed by atoms with Crippen LogP contribution in [0.2, 0.25) is 0 Å². The van der Waals surface area contributed by atoms with E-state index in [2.05, 4.69) is 0 Å². The lowest BCUT2D eigenvalue weighted by Gasteiger charge is -2.25. The molecule has 0 radical (unpaired) electrons. The van der Waals surface area contributed by atoms with Crippen LogP contribution in [-0.2, 0) is 11.8 Å². The van der Waals surface area contributed by atoms with Gasteiger partial charge in [-0.25, -0.2) is 0 Å². The van der Waals surface area contributed by atoms with Crippen molar-refractivity contribution in [2.75, 3.05) is 0 Å². The number of aromatic hydroxyl groups is 1. The minimum Gasteiger partial charge on any atom is -0.508 e. The number of hydrogen-bond donors (Lipinski definition) is 1. The molecule has 0 aliphatic rings. The Bertz CT molecular complexity index is 754. The third kappa shape index (κ3) is 3.63. The Hall–Kier alpha value is -2.96. The molecule has 0 spiro atoms. The van der Waals surface area contributed by atoms with Crippen LogP contribution in [0, 0.1) is 20.2 Å². The molecule has 0 heterocycles. The Morgan fingerprint density at radius 2 is 1.61 bits per heavy atom. The van der Waals surface area contributed by atoms with Crippen LogP contribution in [0.25, 0.3) is 0 Å². The summed E-state index contributed by atoms with van der Waals surface area (Å²) in [5.74, 6) is 0.144. The number of hydrogen-bond acceptors (Lipinski definition) is 5. The van der Waals surface area contributed by atoms with Gasteiger partial charge in [-0.2, -0.15) is 0 Å². The van der Waals surface area contributed by atoms with Crippen molar-refractivity contribution < 1.29 is 15.0 Å². The highest BCUT2D eigenvalue weighted by atomic mass is 16.6. The number of rotatable bonds is 5. The molecule has 0 aliphatic carbocycles. The van der Waals surface area contributed by atoms with Gasteiger partial charge in [0.05, 0.1) is 15.9 Å². The molecule has 0 saturated heterocycles. The van der Waals surface area contributed by atoms with Crippen molar-refractivity contribution in [2.45, 2.75) is 25.7 Å². The van der Waals surface area contributed by atoms with Gasteiger partial charge in [0, 0.05) is 11.6 Å². The van der Waals surface area contributed by atoms with Gasteiger partial charge in [-0.1, -0.05) is 26.0 Å². The van der Waals surface area contributed by atoms with E-state index in [9.17, 15) is 25.3 Å². The molecule has 0 unspecified atom stereocenters. The third-order valence-electron chi connectivity index (χ3n) is 3.76. The maximum atomic E-state index is 11.2. The fraction of sp³-hybridized carbons (Fsp3) is 0.250. The first-order valence-electron chi connectivity index (χ1n) is 6.92. The fourth-order valence-corrected chi connectivity index (χ4v) is 2.48. The molecule has 0 aliphatic heterocycles. The van der Waals surface area contributed by atoms with Gasteiger partial charge in [-0.15, -0.1) is 0 Å². The molecule has 2 rings (SSSR count). The van der Waals surface area contributed by atoms with Gasteiger partial charge in [0.1, 0.15) is 5.75 Å². The smallest absolute Gasteiger partial charge is 0.279 e. The van der Waals surface area contributed by atoms with Crippen LogP contribution in [0.5, 0.6) is 5.75 Å². The van der Waals surface area contributed by atoms with Gasteiger partial charge in [0.15, 0.2) is 0 Å². The van der Waals surface area contributed by atoms with Gasteiger partial charge in [0.25, 0.3) is 11.4 Å². The van der Waals surface area contributed by atoms with Crippen LogP contribution in [0.3, 0.4) is 0 Å². The number of phenols is 1. The highest BCUT2D eigenvalue weighted by molar-refractivity contribution is 5.50. The second-order valence-electron chi connectivity index (χ2n) is 5.93. The summed E-state index contributed by atoms with van der Waals surface area (Å²) in [4.78, 5) is 20.7. The molecule has 0 aromatic heterocycles. The van der Waals surface area contributed by atoms with Crippen LogP contribution >= 0.6 is 0 Å². The lowest BCUT2D eigenvalue weighted by molar-refractivity contribution is -0.394. The number of non-ortho nitro benzene ring substituents is 1. The van der Waals surface area contributed by atoms with Gasteiger partial charge in [-0.05, 0) is 35.6 Å². The monoisotopic (exact) mass is 316 g/mol. The lowest BCUT2D eigenvalue weighted by atomic mass is 9.79. The van der Waals surface area contributed by atoms with Crippen molar-refractivity contribution in [3.8, 4) is 5.75 Å². The molecule has 0 bridgehead atoms. The molecule has 2 aromatic carbocycles. The van der Waals surface area contributed by atoms with E-state index in [0.717, 1.165) is 11.6 Å². The number of nitrogens with zero attached hydrogens (tertiary/aromatic N) is 2. The summed E-state index contributed by atoms with van der Waals surface area (Å²) in [6, 6.07) is 10.3. The average molecular weight is 316 g/mol. The Labute approximate surface area is 132 Å². The van der Waals surface area contributed by atoms with Gasteiger partial charge < -0.3 is 5.11 Å². The molecule has 7 heteroatoms. The summed E-state index contributed by atoms with van der Waals surface area (Å²) in [6.07, 6.45) is 0.339. The summed E-state index contributed by atoms with van der Waals surface area (Å²) in [6.45, 7) is 3.84. The minimum atomic E-state index is -0.651. The molecule has 0 fully saturated rings. The number of nitro benzene ring substituents is 2.